The fourth-order valence-corrected chi connectivity index (χ4v) is 20.8. The summed E-state index contributed by atoms with van der Waals surface area (Å²) in [5.41, 5.74) is 20.3. The number of carbonyl (C=O) groups excluding carboxylic acids is 8. The molecule has 5 saturated heterocycles. The van der Waals surface area contributed by atoms with E-state index in [0.717, 1.165) is 251 Å². The van der Waals surface area contributed by atoms with E-state index in [-0.39, 0.29) is 84.1 Å². The van der Waals surface area contributed by atoms with Gasteiger partial charge in [-0.1, -0.05) is 188 Å². The molecular weight excluding hydrogens is 1790 g/mol. The van der Waals surface area contributed by atoms with Crippen LogP contribution in [0.1, 0.15) is 315 Å². The first-order valence-corrected chi connectivity index (χ1v) is 53.1. The lowest BCUT2D eigenvalue weighted by atomic mass is 10.0. The summed E-state index contributed by atoms with van der Waals surface area (Å²) >= 11 is 0. The van der Waals surface area contributed by atoms with Gasteiger partial charge in [0.1, 0.15) is 51.7 Å². The van der Waals surface area contributed by atoms with E-state index in [0.29, 0.717) is 101 Å². The Morgan fingerprint density at radius 3 is 0.937 bits per heavy atom. The number of likely N-dealkylation sites (tertiary alicyclic amines) is 4. The molecule has 5 unspecified atom stereocenters. The number of hydrogen-bond donors (Lipinski definition) is 0. The van der Waals surface area contributed by atoms with Crippen molar-refractivity contribution in [3.8, 4) is 45.0 Å². The summed E-state index contributed by atoms with van der Waals surface area (Å²) in [5.74, 6) is 2.08. The second-order valence-corrected chi connectivity index (χ2v) is 40.8. The van der Waals surface area contributed by atoms with Crippen molar-refractivity contribution >= 4 is 69.4 Å². The molecule has 13 aromatic rings. The number of benzene rings is 5. The number of ketones is 4. The number of nitrogens with zero attached hydrogens (tertiary/aromatic N) is 16. The van der Waals surface area contributed by atoms with Gasteiger partial charge in [0.05, 0.1) is 28.9 Å². The number of piperidine rings is 1. The predicted octanol–water partition coefficient (Wildman–Crippen LogP) is 21.8. The van der Waals surface area contributed by atoms with Gasteiger partial charge >= 0.3 is 0 Å². The molecule has 5 aromatic carbocycles. The minimum absolute atomic E-state index is 0.00777. The zero-order valence-corrected chi connectivity index (χ0v) is 84.7. The fraction of sp³-hybridized carbons (Fsp3) is 0.470. The van der Waals surface area contributed by atoms with E-state index < -0.39 is 0 Å². The molecule has 2 aliphatic carbocycles. The number of ether oxygens (including phenoxy) is 1. The maximum atomic E-state index is 13.4. The van der Waals surface area contributed by atoms with Crippen molar-refractivity contribution in [3.05, 3.63) is 249 Å². The SMILES string of the molecule is CCc1cc(C(=O)N2CCCCC2C)nc2cc(-c3ccc(CC(=O)CCC4CCCO4)cc3)nn12.CCc1cc(C(=O)N2CCCCCC2C)nc2cc(-c3ccc(CC(=O)CC4CC4)cc3)nn12.CCc1cc(C(=O)N2CCCCCC2C)nc2cc(-c3ccc(CC(=O)CCC4CC4)cc3)nn12.CCc1cc(C(=O)N2CCCCCC2C)nc2cc(-c3ccc(CC(=O)Cc4cccc(F)c4)cc3)nn12. The van der Waals surface area contributed by atoms with Crippen LogP contribution in [0.25, 0.3) is 67.6 Å². The number of fused-ring (bicyclic) bond motifs is 4. The third kappa shape index (κ3) is 26.0. The molecular formula is C117H139FN16O9. The summed E-state index contributed by atoms with van der Waals surface area (Å²) in [6, 6.07) is 54.4. The summed E-state index contributed by atoms with van der Waals surface area (Å²) in [4.78, 5) is 130. The van der Waals surface area contributed by atoms with Crippen LogP contribution in [0.5, 0.6) is 0 Å². The van der Waals surface area contributed by atoms with Gasteiger partial charge in [0.15, 0.2) is 22.6 Å². The lowest BCUT2D eigenvalue weighted by Gasteiger charge is -2.33. The Morgan fingerprint density at radius 2 is 0.622 bits per heavy atom. The summed E-state index contributed by atoms with van der Waals surface area (Å²) in [6.45, 7) is 20.8. The standard InChI is InChI=1S/C31H33FN4O2.C29H36N4O3.C29H36N4O2.C28H34N4O2/c1-3-26-19-29(31(38)35-15-6-4-5-8-21(35)2)33-30-20-28(34-36(26)30)24-13-11-22(12-14-24)17-27(37)18-23-9-7-10-25(32)16-23;1-3-23-18-27(29(35)32-15-5-4-7-20(32)2)30-28-19-26(31-33(23)28)22-11-9-21(10-12-22)17-24(34)13-14-25-8-6-16-36-25;1-3-24-18-27(29(35)32-16-6-4-5-7-20(32)2)30-28-19-26(31-33(24)28)23-13-10-22(11-14-23)17-25(34)15-12-21-8-9-21;1-3-23-17-26(28(34)31-14-6-4-5-7-19(31)2)29-27-18-25(30-32(23)27)22-12-10-21(11-13-22)16-24(33)15-20-8-9-20/h7,9-14,16,19-21H,3-6,8,15,17-18H2,1-2H3;9-12,18-20,25H,3-8,13-17H2,1-2H3;10-11,13-14,18-21H,3-9,12,15-17H2,1-2H3;10-13,17-20H,3-9,14-16H2,1-2H3. The van der Waals surface area contributed by atoms with E-state index in [1.807, 2.05) is 183 Å². The first-order chi connectivity index (χ1) is 69.4. The van der Waals surface area contributed by atoms with E-state index in [4.69, 9.17) is 45.1 Å². The monoisotopic (exact) mass is 1930 g/mol. The third-order valence-electron chi connectivity index (χ3n) is 29.7. The molecule has 0 radical (unpaired) electrons. The topological polar surface area (TPSA) is 280 Å². The first kappa shape index (κ1) is 102. The highest BCUT2D eigenvalue weighted by Gasteiger charge is 2.33. The quantitative estimate of drug-likeness (QED) is 0.0404. The Labute approximate surface area is 839 Å². The van der Waals surface area contributed by atoms with Crippen LogP contribution in [-0.4, -0.2) is 188 Å². The molecule has 748 valence electrons. The van der Waals surface area contributed by atoms with Crippen molar-refractivity contribution in [1.82, 2.24) is 78.0 Å². The molecule has 13 heterocycles. The smallest absolute Gasteiger partial charge is 0.272 e. The first-order valence-electron chi connectivity index (χ1n) is 53.1. The molecule has 5 atom stereocenters. The summed E-state index contributed by atoms with van der Waals surface area (Å²) in [7, 11) is 0. The zero-order chi connectivity index (χ0) is 99.7. The van der Waals surface area contributed by atoms with Crippen LogP contribution >= 0.6 is 0 Å². The maximum Gasteiger partial charge on any atom is 0.272 e. The maximum absolute atomic E-state index is 13.4. The number of rotatable bonds is 30. The van der Waals surface area contributed by atoms with Gasteiger partial charge in [0, 0.05) is 178 Å². The number of carbonyl (C=O) groups is 8. The zero-order valence-electron chi connectivity index (χ0n) is 84.7. The number of amides is 4. The van der Waals surface area contributed by atoms with Gasteiger partial charge < -0.3 is 24.3 Å². The highest BCUT2D eigenvalue weighted by atomic mass is 19.1. The van der Waals surface area contributed by atoms with Gasteiger partial charge in [0.25, 0.3) is 23.6 Å². The number of aryl methyl sites for hydroxylation is 4. The van der Waals surface area contributed by atoms with Crippen LogP contribution in [0.2, 0.25) is 0 Å². The van der Waals surface area contributed by atoms with Crippen molar-refractivity contribution in [1.29, 1.82) is 0 Å². The second kappa shape index (κ2) is 47.5. The van der Waals surface area contributed by atoms with Crippen LogP contribution in [-0.2, 0) is 81.7 Å². The highest BCUT2D eigenvalue weighted by Crippen LogP contribution is 2.37. The largest absolute Gasteiger partial charge is 0.378 e. The van der Waals surface area contributed by atoms with Gasteiger partial charge in [0.2, 0.25) is 0 Å². The van der Waals surface area contributed by atoms with Crippen molar-refractivity contribution in [2.24, 2.45) is 11.8 Å². The molecule has 25 nitrogen and oxygen atoms in total. The minimum atomic E-state index is -0.333. The minimum Gasteiger partial charge on any atom is -0.378 e. The number of halogens is 1. The van der Waals surface area contributed by atoms with E-state index in [9.17, 15) is 42.7 Å². The Bertz CT molecular complexity index is 6690. The molecule has 7 fully saturated rings. The average molecular weight is 1930 g/mol. The van der Waals surface area contributed by atoms with Gasteiger partial charge in [-0.25, -0.2) is 42.4 Å². The Morgan fingerprint density at radius 1 is 0.315 bits per heavy atom. The highest BCUT2D eigenvalue weighted by molar-refractivity contribution is 5.96. The van der Waals surface area contributed by atoms with Gasteiger partial charge in [-0.15, -0.1) is 0 Å². The molecule has 143 heavy (non-hydrogen) atoms. The Kier molecular flexibility index (Phi) is 33.7. The molecule has 4 amide bonds. The van der Waals surface area contributed by atoms with Gasteiger partial charge in [-0.2, -0.15) is 20.4 Å². The van der Waals surface area contributed by atoms with Crippen LogP contribution < -0.4 is 0 Å². The number of Topliss-reactive ketones (excluding diaryl/α,β-unsaturated/α-hetero) is 4. The van der Waals surface area contributed by atoms with Crippen molar-refractivity contribution in [2.45, 2.75) is 310 Å². The molecule has 0 bridgehead atoms. The van der Waals surface area contributed by atoms with E-state index in [1.54, 1.807) is 12.1 Å². The van der Waals surface area contributed by atoms with Crippen LogP contribution in [0.15, 0.2) is 170 Å². The second-order valence-electron chi connectivity index (χ2n) is 40.8. The molecule has 0 spiro atoms. The fourth-order valence-electron chi connectivity index (χ4n) is 20.8. The summed E-state index contributed by atoms with van der Waals surface area (Å²) in [5, 5.41) is 19.2. The van der Waals surface area contributed by atoms with Gasteiger partial charge in [-0.3, -0.25) is 38.4 Å². The molecule has 8 aromatic heterocycles. The van der Waals surface area contributed by atoms with Crippen LogP contribution in [0.3, 0.4) is 0 Å². The molecule has 7 aliphatic rings. The molecule has 20 rings (SSSR count). The third-order valence-corrected chi connectivity index (χ3v) is 29.7. The summed E-state index contributed by atoms with van der Waals surface area (Å²) in [6.07, 6.45) is 32.8. The van der Waals surface area contributed by atoms with E-state index in [1.165, 1.54) is 69.9 Å². The van der Waals surface area contributed by atoms with Gasteiger partial charge in [-0.05, 0) is 226 Å². The van der Waals surface area contributed by atoms with Crippen molar-refractivity contribution in [3.63, 3.8) is 0 Å². The van der Waals surface area contributed by atoms with Crippen molar-refractivity contribution in [2.75, 3.05) is 32.8 Å². The normalized spacial score (nSPS) is 18.3. The van der Waals surface area contributed by atoms with Crippen molar-refractivity contribution < 1.29 is 47.5 Å². The van der Waals surface area contributed by atoms with Crippen LogP contribution in [0.4, 0.5) is 4.39 Å². The lowest BCUT2D eigenvalue weighted by molar-refractivity contribution is -0.119. The molecule has 26 heteroatoms. The number of hydrogen-bond acceptors (Lipinski definition) is 17. The van der Waals surface area contributed by atoms with E-state index >= 15 is 0 Å². The molecule has 2 saturated carbocycles. The van der Waals surface area contributed by atoms with E-state index in [2.05, 4.69) is 55.4 Å². The predicted molar refractivity (Wildman–Crippen MR) is 555 cm³/mol. The Hall–Kier alpha value is -13.0. The Balaban J connectivity index is 0.000000131. The lowest BCUT2D eigenvalue weighted by Crippen LogP contribution is -2.42. The molecule has 0 N–H and O–H groups in total. The summed E-state index contributed by atoms with van der Waals surface area (Å²) < 4.78 is 26.4. The average Bonchev–Trinajstić information content (AvgIpc) is 1.64. The van der Waals surface area contributed by atoms with Crippen LogP contribution in [0, 0.1) is 17.7 Å². The molecule has 5 aliphatic heterocycles. The number of aromatic nitrogens is 12.